The first-order chi connectivity index (χ1) is 10.2. The number of carbonyl (C=O) groups is 1. The van der Waals surface area contributed by atoms with Crippen LogP contribution in [0.2, 0.25) is 0 Å². The van der Waals surface area contributed by atoms with Crippen LogP contribution < -0.4 is 0 Å². The van der Waals surface area contributed by atoms with Crippen LogP contribution in [-0.2, 0) is 4.79 Å². The van der Waals surface area contributed by atoms with E-state index < -0.39 is 0 Å². The van der Waals surface area contributed by atoms with Gasteiger partial charge in [-0.25, -0.2) is 0 Å². The lowest BCUT2D eigenvalue weighted by Crippen LogP contribution is -2.04. The second-order valence-electron chi connectivity index (χ2n) is 5.29. The van der Waals surface area contributed by atoms with Gasteiger partial charge in [0.05, 0.1) is 6.04 Å². The monoisotopic (exact) mass is 279 g/mol. The first-order valence-corrected chi connectivity index (χ1v) is 7.29. The molecule has 0 aliphatic heterocycles. The highest BCUT2D eigenvalue weighted by Gasteiger charge is 2.12. The molecule has 108 valence electrons. The number of ketones is 1. The summed E-state index contributed by atoms with van der Waals surface area (Å²) < 4.78 is 0. The van der Waals surface area contributed by atoms with E-state index in [0.29, 0.717) is 6.42 Å². The van der Waals surface area contributed by atoms with Gasteiger partial charge in [-0.1, -0.05) is 60.7 Å². The second-order valence-corrected chi connectivity index (χ2v) is 5.29. The standard InChI is InChI=1S/C19H21NO/c1-15(13-14-16(2)21)20-19(17-9-5-3-6-10-17)18-11-7-4-8-12-18/h3-12,19H,13-14H2,1-2H3. The summed E-state index contributed by atoms with van der Waals surface area (Å²) in [5.74, 6) is 0.209. The molecule has 21 heavy (non-hydrogen) atoms. The van der Waals surface area contributed by atoms with E-state index in [-0.39, 0.29) is 11.8 Å². The molecule has 0 atom stereocenters. The highest BCUT2D eigenvalue weighted by atomic mass is 16.1. The summed E-state index contributed by atoms with van der Waals surface area (Å²) in [5, 5.41) is 0. The molecule has 2 rings (SSSR count). The van der Waals surface area contributed by atoms with E-state index in [1.807, 2.05) is 43.3 Å². The Labute approximate surface area is 126 Å². The molecule has 0 heterocycles. The van der Waals surface area contributed by atoms with E-state index in [1.165, 1.54) is 11.1 Å². The Kier molecular flexibility index (Phi) is 5.44. The summed E-state index contributed by atoms with van der Waals surface area (Å²) in [4.78, 5) is 16.0. The summed E-state index contributed by atoms with van der Waals surface area (Å²) in [5.41, 5.74) is 3.36. The molecule has 0 radical (unpaired) electrons. The zero-order valence-electron chi connectivity index (χ0n) is 12.6. The van der Waals surface area contributed by atoms with Crippen molar-refractivity contribution < 1.29 is 4.79 Å². The normalized spacial score (nSPS) is 11.7. The predicted octanol–water partition coefficient (Wildman–Crippen LogP) is 4.61. The van der Waals surface area contributed by atoms with Crippen LogP contribution in [0.25, 0.3) is 0 Å². The summed E-state index contributed by atoms with van der Waals surface area (Å²) in [6.07, 6.45) is 1.29. The first-order valence-electron chi connectivity index (χ1n) is 7.29. The lowest BCUT2D eigenvalue weighted by Gasteiger charge is -2.15. The minimum atomic E-state index is -0.000594. The van der Waals surface area contributed by atoms with Crippen molar-refractivity contribution in [2.75, 3.05) is 0 Å². The van der Waals surface area contributed by atoms with Crippen molar-refractivity contribution in [3.05, 3.63) is 71.8 Å². The molecule has 0 amide bonds. The Morgan fingerprint density at radius 3 is 1.76 bits per heavy atom. The molecule has 0 aliphatic rings. The smallest absolute Gasteiger partial charge is 0.130 e. The van der Waals surface area contributed by atoms with Crippen molar-refractivity contribution in [1.29, 1.82) is 0 Å². The number of hydrogen-bond donors (Lipinski definition) is 0. The Bertz CT molecular complexity index is 562. The highest BCUT2D eigenvalue weighted by molar-refractivity contribution is 5.87. The first kappa shape index (κ1) is 15.2. The molecular formula is C19H21NO. The quantitative estimate of drug-likeness (QED) is 0.710. The highest BCUT2D eigenvalue weighted by Crippen LogP contribution is 2.26. The molecule has 0 unspecified atom stereocenters. The maximum Gasteiger partial charge on any atom is 0.130 e. The number of benzene rings is 2. The minimum Gasteiger partial charge on any atom is -0.300 e. The molecule has 0 N–H and O–H groups in total. The zero-order valence-corrected chi connectivity index (χ0v) is 12.6. The van der Waals surface area contributed by atoms with Gasteiger partial charge in [0.15, 0.2) is 0 Å². The van der Waals surface area contributed by atoms with Crippen LogP contribution >= 0.6 is 0 Å². The number of hydrogen-bond acceptors (Lipinski definition) is 2. The van der Waals surface area contributed by atoms with Crippen LogP contribution in [-0.4, -0.2) is 11.5 Å². The summed E-state index contributed by atoms with van der Waals surface area (Å²) in [6.45, 7) is 3.63. The van der Waals surface area contributed by atoms with Gasteiger partial charge in [0.1, 0.15) is 5.78 Å². The Hall–Kier alpha value is -2.22. The number of aliphatic imine (C=N–C) groups is 1. The Morgan fingerprint density at radius 2 is 1.33 bits per heavy atom. The fourth-order valence-corrected chi connectivity index (χ4v) is 2.25. The van der Waals surface area contributed by atoms with E-state index in [1.54, 1.807) is 6.92 Å². The minimum absolute atomic E-state index is 0.000594. The zero-order chi connectivity index (χ0) is 15.1. The van der Waals surface area contributed by atoms with Gasteiger partial charge < -0.3 is 4.79 Å². The fourth-order valence-electron chi connectivity index (χ4n) is 2.25. The molecule has 0 aliphatic carbocycles. The maximum atomic E-state index is 11.1. The van der Waals surface area contributed by atoms with Crippen molar-refractivity contribution in [2.45, 2.75) is 32.7 Å². The van der Waals surface area contributed by atoms with Gasteiger partial charge in [-0.3, -0.25) is 4.99 Å². The molecule has 0 spiro atoms. The topological polar surface area (TPSA) is 29.4 Å². The third-order valence-electron chi connectivity index (χ3n) is 3.42. The molecule has 2 aromatic rings. The van der Waals surface area contributed by atoms with Crippen molar-refractivity contribution in [2.24, 2.45) is 4.99 Å². The van der Waals surface area contributed by atoms with Gasteiger partial charge in [0.25, 0.3) is 0 Å². The summed E-state index contributed by atoms with van der Waals surface area (Å²) in [7, 11) is 0. The average Bonchev–Trinajstić information content (AvgIpc) is 2.52. The molecule has 0 bridgehead atoms. The number of Topliss-reactive ketones (excluding diaryl/α,β-unsaturated/α-hetero) is 1. The van der Waals surface area contributed by atoms with Crippen molar-refractivity contribution >= 4 is 11.5 Å². The molecule has 0 fully saturated rings. The number of nitrogens with zero attached hydrogens (tertiary/aromatic N) is 1. The van der Waals surface area contributed by atoms with Crippen LogP contribution in [0.15, 0.2) is 65.7 Å². The molecule has 2 heteroatoms. The predicted molar refractivity (Wildman–Crippen MR) is 87.8 cm³/mol. The van der Waals surface area contributed by atoms with Gasteiger partial charge in [-0.05, 0) is 31.4 Å². The molecule has 0 saturated carbocycles. The van der Waals surface area contributed by atoms with E-state index in [0.717, 1.165) is 12.1 Å². The number of rotatable bonds is 6. The van der Waals surface area contributed by atoms with Gasteiger partial charge in [-0.15, -0.1) is 0 Å². The van der Waals surface area contributed by atoms with E-state index in [9.17, 15) is 4.79 Å². The van der Waals surface area contributed by atoms with Crippen LogP contribution in [0.4, 0.5) is 0 Å². The maximum absolute atomic E-state index is 11.1. The van der Waals surface area contributed by atoms with Crippen LogP contribution in [0, 0.1) is 0 Å². The Balaban J connectivity index is 2.29. The fraction of sp³-hybridized carbons (Fsp3) is 0.263. The Morgan fingerprint density at radius 1 is 0.857 bits per heavy atom. The van der Waals surface area contributed by atoms with E-state index in [4.69, 9.17) is 4.99 Å². The molecule has 0 saturated heterocycles. The molecule has 0 aromatic heterocycles. The third kappa shape index (κ3) is 4.67. The lowest BCUT2D eigenvalue weighted by molar-refractivity contribution is -0.116. The van der Waals surface area contributed by atoms with Gasteiger partial charge in [0, 0.05) is 12.1 Å². The molecular weight excluding hydrogens is 258 g/mol. The summed E-state index contributed by atoms with van der Waals surface area (Å²) >= 11 is 0. The lowest BCUT2D eigenvalue weighted by atomic mass is 9.99. The van der Waals surface area contributed by atoms with Crippen LogP contribution in [0.1, 0.15) is 43.9 Å². The van der Waals surface area contributed by atoms with Gasteiger partial charge >= 0.3 is 0 Å². The second kappa shape index (κ2) is 7.53. The largest absolute Gasteiger partial charge is 0.300 e. The third-order valence-corrected chi connectivity index (χ3v) is 3.42. The average molecular weight is 279 g/mol. The van der Waals surface area contributed by atoms with Crippen LogP contribution in [0.3, 0.4) is 0 Å². The van der Waals surface area contributed by atoms with Crippen molar-refractivity contribution in [3.8, 4) is 0 Å². The molecule has 2 nitrogen and oxygen atoms in total. The van der Waals surface area contributed by atoms with Crippen LogP contribution in [0.5, 0.6) is 0 Å². The van der Waals surface area contributed by atoms with E-state index in [2.05, 4.69) is 24.3 Å². The summed E-state index contributed by atoms with van der Waals surface area (Å²) in [6, 6.07) is 20.5. The van der Waals surface area contributed by atoms with E-state index >= 15 is 0 Å². The van der Waals surface area contributed by atoms with Gasteiger partial charge in [-0.2, -0.15) is 0 Å². The SMILES string of the molecule is CC(=O)CCC(C)=NC(c1ccccc1)c1ccccc1. The van der Waals surface area contributed by atoms with Gasteiger partial charge in [0.2, 0.25) is 0 Å². The van der Waals surface area contributed by atoms with Crippen molar-refractivity contribution in [3.63, 3.8) is 0 Å². The number of carbonyl (C=O) groups excluding carboxylic acids is 1. The van der Waals surface area contributed by atoms with Crippen molar-refractivity contribution in [1.82, 2.24) is 0 Å². The molecule has 2 aromatic carbocycles.